The van der Waals surface area contributed by atoms with Gasteiger partial charge in [-0.1, -0.05) is 24.3 Å². The summed E-state index contributed by atoms with van der Waals surface area (Å²) in [6, 6.07) is 13.6. The number of anilines is 2. The van der Waals surface area contributed by atoms with Crippen LogP contribution in [0.5, 0.6) is 0 Å². The summed E-state index contributed by atoms with van der Waals surface area (Å²) in [7, 11) is 0. The van der Waals surface area contributed by atoms with Gasteiger partial charge in [0.1, 0.15) is 0 Å². The van der Waals surface area contributed by atoms with E-state index >= 15 is 0 Å². The molecular formula is C21H25N3O2. The molecule has 0 aromatic heterocycles. The highest BCUT2D eigenvalue weighted by Crippen LogP contribution is 2.30. The van der Waals surface area contributed by atoms with Crippen molar-refractivity contribution < 1.29 is 9.59 Å². The van der Waals surface area contributed by atoms with Gasteiger partial charge in [0.2, 0.25) is 11.8 Å². The van der Waals surface area contributed by atoms with E-state index in [4.69, 9.17) is 0 Å². The highest BCUT2D eigenvalue weighted by Gasteiger charge is 2.29. The number of hydrogen-bond acceptors (Lipinski definition) is 3. The SMILES string of the molecule is Cc1cccc(NCC(=O)NCc2cccc(NC(=O)C3CC3)c2)c1C. The van der Waals surface area contributed by atoms with Crippen LogP contribution in [0, 0.1) is 19.8 Å². The first-order valence-corrected chi connectivity index (χ1v) is 8.99. The summed E-state index contributed by atoms with van der Waals surface area (Å²) in [6.07, 6.45) is 1.96. The summed E-state index contributed by atoms with van der Waals surface area (Å²) in [4.78, 5) is 23.9. The zero-order valence-electron chi connectivity index (χ0n) is 15.3. The highest BCUT2D eigenvalue weighted by molar-refractivity contribution is 5.94. The molecule has 2 amide bonds. The lowest BCUT2D eigenvalue weighted by molar-refractivity contribution is -0.119. The maximum absolute atomic E-state index is 12.1. The van der Waals surface area contributed by atoms with Crippen LogP contribution in [0.25, 0.3) is 0 Å². The van der Waals surface area contributed by atoms with Crippen molar-refractivity contribution >= 4 is 23.2 Å². The molecule has 5 heteroatoms. The van der Waals surface area contributed by atoms with Crippen molar-refractivity contribution in [2.45, 2.75) is 33.2 Å². The molecule has 2 aromatic carbocycles. The molecule has 136 valence electrons. The molecule has 1 aliphatic carbocycles. The van der Waals surface area contributed by atoms with Crippen LogP contribution in [-0.2, 0) is 16.1 Å². The molecule has 2 aromatic rings. The molecule has 5 nitrogen and oxygen atoms in total. The summed E-state index contributed by atoms with van der Waals surface area (Å²) in [6.45, 7) is 4.75. The number of aryl methyl sites for hydroxylation is 1. The number of hydrogen-bond donors (Lipinski definition) is 3. The molecule has 0 saturated heterocycles. The van der Waals surface area contributed by atoms with Crippen LogP contribution in [0.3, 0.4) is 0 Å². The fourth-order valence-electron chi connectivity index (χ4n) is 2.73. The highest BCUT2D eigenvalue weighted by atomic mass is 16.2. The van der Waals surface area contributed by atoms with Crippen LogP contribution in [0.4, 0.5) is 11.4 Å². The van der Waals surface area contributed by atoms with Crippen molar-refractivity contribution in [3.05, 3.63) is 59.2 Å². The van der Waals surface area contributed by atoms with Gasteiger partial charge < -0.3 is 16.0 Å². The molecule has 3 rings (SSSR count). The van der Waals surface area contributed by atoms with Crippen LogP contribution in [0.1, 0.15) is 29.5 Å². The molecule has 0 bridgehead atoms. The third kappa shape index (κ3) is 4.85. The Balaban J connectivity index is 1.48. The summed E-state index contributed by atoms with van der Waals surface area (Å²) >= 11 is 0. The van der Waals surface area contributed by atoms with Gasteiger partial charge in [-0.25, -0.2) is 0 Å². The quantitative estimate of drug-likeness (QED) is 0.716. The van der Waals surface area contributed by atoms with E-state index in [-0.39, 0.29) is 24.3 Å². The van der Waals surface area contributed by atoms with Crippen molar-refractivity contribution in [1.29, 1.82) is 0 Å². The molecule has 0 unspecified atom stereocenters. The van der Waals surface area contributed by atoms with E-state index in [9.17, 15) is 9.59 Å². The average Bonchev–Trinajstić information content (AvgIpc) is 3.47. The van der Waals surface area contributed by atoms with Crippen molar-refractivity contribution in [3.8, 4) is 0 Å². The van der Waals surface area contributed by atoms with Crippen LogP contribution in [-0.4, -0.2) is 18.4 Å². The van der Waals surface area contributed by atoms with Gasteiger partial charge in [-0.15, -0.1) is 0 Å². The molecule has 1 fully saturated rings. The van der Waals surface area contributed by atoms with Gasteiger partial charge in [0.05, 0.1) is 6.54 Å². The topological polar surface area (TPSA) is 70.2 Å². The van der Waals surface area contributed by atoms with Crippen molar-refractivity contribution in [1.82, 2.24) is 5.32 Å². The van der Waals surface area contributed by atoms with E-state index in [1.54, 1.807) is 0 Å². The van der Waals surface area contributed by atoms with E-state index in [1.807, 2.05) is 43.3 Å². The smallest absolute Gasteiger partial charge is 0.239 e. The predicted octanol–water partition coefficient (Wildman–Crippen LogP) is 3.38. The largest absolute Gasteiger partial charge is 0.376 e. The zero-order chi connectivity index (χ0) is 18.5. The molecule has 0 heterocycles. The number of carbonyl (C=O) groups is 2. The molecule has 0 radical (unpaired) electrons. The fourth-order valence-corrected chi connectivity index (χ4v) is 2.73. The predicted molar refractivity (Wildman–Crippen MR) is 104 cm³/mol. The first-order chi connectivity index (χ1) is 12.5. The van der Waals surface area contributed by atoms with Gasteiger partial charge in [-0.2, -0.15) is 0 Å². The summed E-state index contributed by atoms with van der Waals surface area (Å²) in [5.41, 5.74) is 5.06. The summed E-state index contributed by atoms with van der Waals surface area (Å²) in [5.74, 6) is 0.191. The summed E-state index contributed by atoms with van der Waals surface area (Å²) in [5, 5.41) is 9.01. The number of rotatable bonds is 7. The van der Waals surface area contributed by atoms with Gasteiger partial charge in [0.25, 0.3) is 0 Å². The molecule has 26 heavy (non-hydrogen) atoms. The van der Waals surface area contributed by atoms with Gasteiger partial charge >= 0.3 is 0 Å². The fraction of sp³-hybridized carbons (Fsp3) is 0.333. The second kappa shape index (κ2) is 8.04. The Morgan fingerprint density at radius 3 is 2.62 bits per heavy atom. The van der Waals surface area contributed by atoms with E-state index < -0.39 is 0 Å². The van der Waals surface area contributed by atoms with Crippen LogP contribution in [0.2, 0.25) is 0 Å². The van der Waals surface area contributed by atoms with Crippen LogP contribution >= 0.6 is 0 Å². The van der Waals surface area contributed by atoms with Gasteiger partial charge in [-0.05, 0) is 61.6 Å². The molecule has 0 spiro atoms. The number of benzene rings is 2. The molecule has 1 aliphatic rings. The number of carbonyl (C=O) groups excluding carboxylic acids is 2. The normalized spacial score (nSPS) is 13.2. The molecular weight excluding hydrogens is 326 g/mol. The minimum Gasteiger partial charge on any atom is -0.376 e. The second-order valence-corrected chi connectivity index (χ2v) is 6.84. The van der Waals surface area contributed by atoms with Crippen LogP contribution < -0.4 is 16.0 Å². The second-order valence-electron chi connectivity index (χ2n) is 6.84. The van der Waals surface area contributed by atoms with Crippen LogP contribution in [0.15, 0.2) is 42.5 Å². The monoisotopic (exact) mass is 351 g/mol. The summed E-state index contributed by atoms with van der Waals surface area (Å²) < 4.78 is 0. The molecule has 3 N–H and O–H groups in total. The maximum Gasteiger partial charge on any atom is 0.239 e. The Labute approximate surface area is 154 Å². The Hall–Kier alpha value is -2.82. The lowest BCUT2D eigenvalue weighted by Crippen LogP contribution is -2.29. The zero-order valence-corrected chi connectivity index (χ0v) is 15.3. The minimum absolute atomic E-state index is 0.0710. The van der Waals surface area contributed by atoms with Gasteiger partial charge in [-0.3, -0.25) is 9.59 Å². The Kier molecular flexibility index (Phi) is 5.56. The van der Waals surface area contributed by atoms with E-state index in [0.29, 0.717) is 6.54 Å². The first kappa shape index (κ1) is 18.0. The number of amides is 2. The van der Waals surface area contributed by atoms with E-state index in [2.05, 4.69) is 28.9 Å². The Morgan fingerprint density at radius 2 is 1.85 bits per heavy atom. The van der Waals surface area contributed by atoms with Crippen molar-refractivity contribution in [2.75, 3.05) is 17.2 Å². The Bertz CT molecular complexity index is 813. The third-order valence-corrected chi connectivity index (χ3v) is 4.68. The van der Waals surface area contributed by atoms with E-state index in [1.165, 1.54) is 5.56 Å². The van der Waals surface area contributed by atoms with Gasteiger partial charge in [0, 0.05) is 23.8 Å². The van der Waals surface area contributed by atoms with Crippen molar-refractivity contribution in [2.24, 2.45) is 5.92 Å². The first-order valence-electron chi connectivity index (χ1n) is 8.99. The standard InChI is InChI=1S/C21H25N3O2/c1-14-5-3-8-19(15(14)2)22-13-20(25)23-12-16-6-4-7-18(11-16)24-21(26)17-9-10-17/h3-8,11,17,22H,9-10,12-13H2,1-2H3,(H,23,25)(H,24,26). The Morgan fingerprint density at radius 1 is 1.08 bits per heavy atom. The third-order valence-electron chi connectivity index (χ3n) is 4.68. The van der Waals surface area contributed by atoms with Crippen molar-refractivity contribution in [3.63, 3.8) is 0 Å². The molecule has 0 aliphatic heterocycles. The molecule has 0 atom stereocenters. The lowest BCUT2D eigenvalue weighted by Gasteiger charge is -2.12. The van der Waals surface area contributed by atoms with Gasteiger partial charge in [0.15, 0.2) is 0 Å². The minimum atomic E-state index is -0.0710. The number of nitrogens with one attached hydrogen (secondary N) is 3. The maximum atomic E-state index is 12.1. The molecule has 1 saturated carbocycles. The van der Waals surface area contributed by atoms with E-state index in [0.717, 1.165) is 35.3 Å². The average molecular weight is 351 g/mol. The lowest BCUT2D eigenvalue weighted by atomic mass is 10.1.